The molecule has 1 amide bonds. The van der Waals surface area contributed by atoms with Crippen molar-refractivity contribution in [2.24, 2.45) is 0 Å². The second-order valence-corrected chi connectivity index (χ2v) is 3.35. The maximum atomic E-state index is 10.9. The van der Waals surface area contributed by atoms with Gasteiger partial charge in [-0.15, -0.1) is 0 Å². The average Bonchev–Trinajstić information content (AvgIpc) is 2.12. The third-order valence-corrected chi connectivity index (χ3v) is 2.19. The minimum absolute atomic E-state index is 0.0284. The van der Waals surface area contributed by atoms with Crippen LogP contribution in [0.5, 0.6) is 0 Å². The summed E-state index contributed by atoms with van der Waals surface area (Å²) in [4.78, 5) is 23.2. The first-order valence-corrected chi connectivity index (χ1v) is 4.60. The van der Waals surface area contributed by atoms with Crippen molar-refractivity contribution in [2.45, 2.75) is 25.8 Å². The van der Waals surface area contributed by atoms with Crippen LogP contribution < -0.4 is 5.32 Å². The molecule has 1 unspecified atom stereocenters. The Kier molecular flexibility index (Phi) is 5.87. The van der Waals surface area contributed by atoms with Crippen molar-refractivity contribution >= 4 is 11.9 Å². The van der Waals surface area contributed by atoms with Crippen LogP contribution in [0.4, 0.5) is 0 Å². The normalized spacial score (nSPS) is 12.6. The lowest BCUT2D eigenvalue weighted by Gasteiger charge is -2.22. The Hall–Kier alpha value is -1.10. The van der Waals surface area contributed by atoms with E-state index in [0.29, 0.717) is 13.0 Å². The van der Waals surface area contributed by atoms with Gasteiger partial charge in [0.05, 0.1) is 6.42 Å². The lowest BCUT2D eigenvalue weighted by molar-refractivity contribution is -0.138. The van der Waals surface area contributed by atoms with Crippen molar-refractivity contribution in [3.05, 3.63) is 0 Å². The van der Waals surface area contributed by atoms with Crippen molar-refractivity contribution in [3.8, 4) is 0 Å². The molecule has 0 rings (SSSR count). The summed E-state index contributed by atoms with van der Waals surface area (Å²) in [7, 11) is 3.40. The summed E-state index contributed by atoms with van der Waals surface area (Å²) in [6.07, 6.45) is 0.501. The highest BCUT2D eigenvalue weighted by Crippen LogP contribution is 2.01. The summed E-state index contributed by atoms with van der Waals surface area (Å²) < 4.78 is 0. The van der Waals surface area contributed by atoms with E-state index in [-0.39, 0.29) is 18.4 Å². The number of carbonyl (C=O) groups is 2. The van der Waals surface area contributed by atoms with E-state index < -0.39 is 5.97 Å². The third-order valence-electron chi connectivity index (χ3n) is 2.19. The third kappa shape index (κ3) is 5.53. The molecule has 0 saturated heterocycles. The second kappa shape index (κ2) is 6.37. The number of hydrogen-bond acceptors (Lipinski definition) is 3. The van der Waals surface area contributed by atoms with Crippen LogP contribution in [0.15, 0.2) is 0 Å². The first-order valence-electron chi connectivity index (χ1n) is 4.60. The highest BCUT2D eigenvalue weighted by atomic mass is 16.4. The van der Waals surface area contributed by atoms with Crippen LogP contribution in [0.1, 0.15) is 19.8 Å². The van der Waals surface area contributed by atoms with Gasteiger partial charge in [-0.3, -0.25) is 9.59 Å². The van der Waals surface area contributed by atoms with Gasteiger partial charge in [-0.1, -0.05) is 0 Å². The predicted octanol–water partition coefficient (Wildman–Crippen LogP) is -0.0825. The molecule has 0 fully saturated rings. The standard InChI is InChI=1S/C9H18N2O3/c1-7(6-9(13)14)11(3)5-4-8(12)10-2/h7H,4-6H2,1-3H3,(H,10,12)(H,13,14). The second-order valence-electron chi connectivity index (χ2n) is 3.35. The van der Waals surface area contributed by atoms with Gasteiger partial charge in [0.25, 0.3) is 0 Å². The van der Waals surface area contributed by atoms with E-state index >= 15 is 0 Å². The Morgan fingerprint density at radius 2 is 2.07 bits per heavy atom. The Morgan fingerprint density at radius 3 is 2.50 bits per heavy atom. The van der Waals surface area contributed by atoms with Crippen LogP contribution in [0.3, 0.4) is 0 Å². The fourth-order valence-electron chi connectivity index (χ4n) is 1.03. The van der Waals surface area contributed by atoms with E-state index in [1.807, 2.05) is 18.9 Å². The number of carbonyl (C=O) groups excluding carboxylic acids is 1. The number of hydrogen-bond donors (Lipinski definition) is 2. The fraction of sp³-hybridized carbons (Fsp3) is 0.778. The van der Waals surface area contributed by atoms with E-state index in [1.54, 1.807) is 7.05 Å². The van der Waals surface area contributed by atoms with E-state index in [0.717, 1.165) is 0 Å². The van der Waals surface area contributed by atoms with Gasteiger partial charge >= 0.3 is 5.97 Å². The Balaban J connectivity index is 3.77. The summed E-state index contributed by atoms with van der Waals surface area (Å²) in [5.74, 6) is -0.844. The number of aliphatic carboxylic acids is 1. The maximum absolute atomic E-state index is 10.9. The van der Waals surface area contributed by atoms with Gasteiger partial charge in [-0.2, -0.15) is 0 Å². The molecule has 82 valence electrons. The molecule has 0 spiro atoms. The Labute approximate surface area is 84.1 Å². The molecule has 0 radical (unpaired) electrons. The number of amides is 1. The van der Waals surface area contributed by atoms with Gasteiger partial charge in [0.15, 0.2) is 0 Å². The van der Waals surface area contributed by atoms with Gasteiger partial charge < -0.3 is 15.3 Å². The Morgan fingerprint density at radius 1 is 1.50 bits per heavy atom. The molecule has 0 aliphatic rings. The van der Waals surface area contributed by atoms with Gasteiger partial charge in [0.1, 0.15) is 0 Å². The summed E-state index contributed by atoms with van der Waals surface area (Å²) in [5, 5.41) is 11.1. The smallest absolute Gasteiger partial charge is 0.304 e. The predicted molar refractivity (Wildman–Crippen MR) is 53.0 cm³/mol. The molecule has 5 nitrogen and oxygen atoms in total. The zero-order chi connectivity index (χ0) is 11.1. The minimum atomic E-state index is -0.815. The topological polar surface area (TPSA) is 69.6 Å². The zero-order valence-corrected chi connectivity index (χ0v) is 8.91. The van der Waals surface area contributed by atoms with Crippen LogP contribution in [-0.4, -0.2) is 48.6 Å². The van der Waals surface area contributed by atoms with Crippen LogP contribution in [0, 0.1) is 0 Å². The van der Waals surface area contributed by atoms with Crippen molar-refractivity contribution < 1.29 is 14.7 Å². The summed E-state index contributed by atoms with van der Waals surface area (Å²) in [6, 6.07) is -0.0443. The molecule has 0 aromatic rings. The number of carboxylic acid groups (broad SMARTS) is 1. The monoisotopic (exact) mass is 202 g/mol. The minimum Gasteiger partial charge on any atom is -0.481 e. The van der Waals surface area contributed by atoms with Crippen molar-refractivity contribution in [1.82, 2.24) is 10.2 Å². The molecule has 2 N–H and O–H groups in total. The van der Waals surface area contributed by atoms with Crippen LogP contribution in [0.2, 0.25) is 0 Å². The largest absolute Gasteiger partial charge is 0.481 e. The van der Waals surface area contributed by atoms with Gasteiger partial charge in [0.2, 0.25) is 5.91 Å². The molecule has 0 aromatic heterocycles. The maximum Gasteiger partial charge on any atom is 0.304 e. The molecule has 1 atom stereocenters. The first-order chi connectivity index (χ1) is 6.47. The zero-order valence-electron chi connectivity index (χ0n) is 8.91. The molecule has 0 bridgehead atoms. The van der Waals surface area contributed by atoms with E-state index in [4.69, 9.17) is 5.11 Å². The van der Waals surface area contributed by atoms with Crippen LogP contribution in [0.25, 0.3) is 0 Å². The summed E-state index contributed by atoms with van der Waals surface area (Å²) in [6.45, 7) is 2.41. The van der Waals surface area contributed by atoms with Crippen LogP contribution >= 0.6 is 0 Å². The molecule has 5 heteroatoms. The fourth-order valence-corrected chi connectivity index (χ4v) is 1.03. The molecular weight excluding hydrogens is 184 g/mol. The number of carboxylic acids is 1. The summed E-state index contributed by atoms with van der Waals surface area (Å²) in [5.41, 5.74) is 0. The number of nitrogens with one attached hydrogen (secondary N) is 1. The van der Waals surface area contributed by atoms with E-state index in [9.17, 15) is 9.59 Å². The molecule has 0 aliphatic carbocycles. The molecule has 0 saturated carbocycles. The summed E-state index contributed by atoms with van der Waals surface area (Å²) >= 11 is 0. The highest BCUT2D eigenvalue weighted by Gasteiger charge is 2.13. The van der Waals surface area contributed by atoms with Crippen molar-refractivity contribution in [3.63, 3.8) is 0 Å². The molecule has 0 heterocycles. The van der Waals surface area contributed by atoms with Gasteiger partial charge in [0, 0.05) is 26.1 Å². The SMILES string of the molecule is CNC(=O)CCN(C)C(C)CC(=O)O. The van der Waals surface area contributed by atoms with Crippen molar-refractivity contribution in [1.29, 1.82) is 0 Å². The lowest BCUT2D eigenvalue weighted by atomic mass is 10.2. The number of nitrogens with zero attached hydrogens (tertiary/aromatic N) is 1. The quantitative estimate of drug-likeness (QED) is 0.632. The molecular formula is C9H18N2O3. The van der Waals surface area contributed by atoms with Gasteiger partial charge in [-0.05, 0) is 14.0 Å². The van der Waals surface area contributed by atoms with Crippen molar-refractivity contribution in [2.75, 3.05) is 20.6 Å². The lowest BCUT2D eigenvalue weighted by Crippen LogP contribution is -2.34. The average molecular weight is 202 g/mol. The van der Waals surface area contributed by atoms with E-state index in [1.165, 1.54) is 0 Å². The van der Waals surface area contributed by atoms with Crippen LogP contribution in [-0.2, 0) is 9.59 Å². The highest BCUT2D eigenvalue weighted by molar-refractivity contribution is 5.75. The van der Waals surface area contributed by atoms with E-state index in [2.05, 4.69) is 5.32 Å². The molecule has 14 heavy (non-hydrogen) atoms. The molecule has 0 aromatic carbocycles. The van der Waals surface area contributed by atoms with Gasteiger partial charge in [-0.25, -0.2) is 0 Å². The Bertz CT molecular complexity index is 206. The first kappa shape index (κ1) is 12.9. The number of rotatable bonds is 6. The molecule has 0 aliphatic heterocycles.